The molecule has 154 valence electrons. The van der Waals surface area contributed by atoms with Gasteiger partial charge in [0, 0.05) is 39.4 Å². The summed E-state index contributed by atoms with van der Waals surface area (Å²) in [6.07, 6.45) is 1.84. The monoisotopic (exact) mass is 430 g/mol. The molecule has 28 heavy (non-hydrogen) atoms. The lowest BCUT2D eigenvalue weighted by atomic mass is 10.2. The Morgan fingerprint density at radius 3 is 2.21 bits per heavy atom. The molecular weight excluding hydrogens is 407 g/mol. The molecule has 2 aromatic rings. The van der Waals surface area contributed by atoms with Gasteiger partial charge in [0.05, 0.1) is 5.75 Å². The SMILES string of the molecule is Cc1nc(S(=O)(=O)N2CCCN(S(=O)(=O)Cc3ccc(F)cc3)CC2)cn1C. The highest BCUT2D eigenvalue weighted by Crippen LogP contribution is 2.19. The third-order valence-electron chi connectivity index (χ3n) is 4.76. The van der Waals surface area contributed by atoms with Crippen LogP contribution in [0.4, 0.5) is 4.39 Å². The number of halogens is 1. The Kier molecular flexibility index (Phi) is 5.89. The second-order valence-corrected chi connectivity index (χ2v) is 10.6. The van der Waals surface area contributed by atoms with Crippen LogP contribution in [0.1, 0.15) is 17.8 Å². The van der Waals surface area contributed by atoms with E-state index in [4.69, 9.17) is 0 Å². The van der Waals surface area contributed by atoms with E-state index < -0.39 is 25.9 Å². The van der Waals surface area contributed by atoms with Crippen LogP contribution < -0.4 is 0 Å². The number of sulfonamides is 2. The maximum atomic E-state index is 13.0. The first-order chi connectivity index (χ1) is 13.1. The molecule has 0 radical (unpaired) electrons. The zero-order valence-electron chi connectivity index (χ0n) is 15.7. The van der Waals surface area contributed by atoms with E-state index >= 15 is 0 Å². The summed E-state index contributed by atoms with van der Waals surface area (Å²) in [6.45, 7) is 2.29. The van der Waals surface area contributed by atoms with E-state index in [1.54, 1.807) is 18.5 Å². The van der Waals surface area contributed by atoms with Crippen LogP contribution in [0.3, 0.4) is 0 Å². The van der Waals surface area contributed by atoms with E-state index in [-0.39, 0.29) is 37.0 Å². The smallest absolute Gasteiger partial charge is 0.262 e. The Morgan fingerprint density at radius 2 is 1.61 bits per heavy atom. The first-order valence-electron chi connectivity index (χ1n) is 8.82. The van der Waals surface area contributed by atoms with Crippen LogP contribution in [0.25, 0.3) is 0 Å². The third-order valence-corrected chi connectivity index (χ3v) is 8.38. The van der Waals surface area contributed by atoms with Gasteiger partial charge < -0.3 is 4.57 Å². The van der Waals surface area contributed by atoms with Gasteiger partial charge in [0.1, 0.15) is 11.6 Å². The van der Waals surface area contributed by atoms with Crippen molar-refractivity contribution in [2.45, 2.75) is 24.1 Å². The highest BCUT2D eigenvalue weighted by molar-refractivity contribution is 7.89. The number of nitrogens with zero attached hydrogens (tertiary/aromatic N) is 4. The zero-order chi connectivity index (χ0) is 20.5. The highest BCUT2D eigenvalue weighted by Gasteiger charge is 2.32. The molecule has 1 saturated heterocycles. The van der Waals surface area contributed by atoms with Crippen LogP contribution in [0.2, 0.25) is 0 Å². The Balaban J connectivity index is 1.72. The fourth-order valence-electron chi connectivity index (χ4n) is 3.05. The van der Waals surface area contributed by atoms with E-state index in [0.29, 0.717) is 17.8 Å². The highest BCUT2D eigenvalue weighted by atomic mass is 32.2. The molecule has 11 heteroatoms. The predicted molar refractivity (Wildman–Crippen MR) is 102 cm³/mol. The lowest BCUT2D eigenvalue weighted by Crippen LogP contribution is -2.37. The summed E-state index contributed by atoms with van der Waals surface area (Å²) in [5.41, 5.74) is 0.485. The van der Waals surface area contributed by atoms with Crippen molar-refractivity contribution in [2.24, 2.45) is 7.05 Å². The summed E-state index contributed by atoms with van der Waals surface area (Å²) in [5.74, 6) is -0.0992. The molecule has 2 heterocycles. The normalized spacial score (nSPS) is 17.5. The molecule has 1 aromatic carbocycles. The topological polar surface area (TPSA) is 92.6 Å². The molecule has 8 nitrogen and oxygen atoms in total. The molecule has 1 aromatic heterocycles. The van der Waals surface area contributed by atoms with Crippen LogP contribution in [0, 0.1) is 12.7 Å². The van der Waals surface area contributed by atoms with Crippen molar-refractivity contribution >= 4 is 20.0 Å². The van der Waals surface area contributed by atoms with Crippen LogP contribution >= 0.6 is 0 Å². The molecule has 0 spiro atoms. The average molecular weight is 431 g/mol. The average Bonchev–Trinajstić information content (AvgIpc) is 2.84. The lowest BCUT2D eigenvalue weighted by molar-refractivity contribution is 0.403. The second kappa shape index (κ2) is 7.90. The van der Waals surface area contributed by atoms with Crippen molar-refractivity contribution in [3.63, 3.8) is 0 Å². The van der Waals surface area contributed by atoms with Gasteiger partial charge in [0.25, 0.3) is 10.0 Å². The van der Waals surface area contributed by atoms with Crippen LogP contribution in [0.15, 0.2) is 35.5 Å². The van der Waals surface area contributed by atoms with Gasteiger partial charge in [-0.1, -0.05) is 12.1 Å². The van der Waals surface area contributed by atoms with Crippen LogP contribution in [-0.4, -0.2) is 61.2 Å². The molecular formula is C17H23FN4O4S2. The van der Waals surface area contributed by atoms with Crippen molar-refractivity contribution in [1.82, 2.24) is 18.2 Å². The van der Waals surface area contributed by atoms with E-state index in [1.807, 2.05) is 0 Å². The minimum atomic E-state index is -3.78. The Hall–Kier alpha value is -1.82. The summed E-state index contributed by atoms with van der Waals surface area (Å²) in [6, 6.07) is 5.31. The molecule has 0 aliphatic carbocycles. The van der Waals surface area contributed by atoms with Crippen molar-refractivity contribution in [3.05, 3.63) is 47.7 Å². The molecule has 0 amide bonds. The molecule has 0 bridgehead atoms. The Labute approximate surface area is 164 Å². The Morgan fingerprint density at radius 1 is 1.00 bits per heavy atom. The van der Waals surface area contributed by atoms with Gasteiger partial charge in [-0.05, 0) is 31.0 Å². The third kappa shape index (κ3) is 4.43. The van der Waals surface area contributed by atoms with Gasteiger partial charge in [-0.3, -0.25) is 0 Å². The minimum absolute atomic E-state index is 0.0323. The van der Waals surface area contributed by atoms with Crippen molar-refractivity contribution in [1.29, 1.82) is 0 Å². The number of benzene rings is 1. The maximum Gasteiger partial charge on any atom is 0.262 e. The van der Waals surface area contributed by atoms with Crippen molar-refractivity contribution < 1.29 is 21.2 Å². The number of hydrogen-bond donors (Lipinski definition) is 0. The Bertz CT molecular complexity index is 1030. The number of aromatic nitrogens is 2. The van der Waals surface area contributed by atoms with Gasteiger partial charge in [0.2, 0.25) is 10.0 Å². The summed E-state index contributed by atoms with van der Waals surface area (Å²) < 4.78 is 68.3. The number of hydrogen-bond acceptors (Lipinski definition) is 5. The predicted octanol–water partition coefficient (Wildman–Crippen LogP) is 1.09. The molecule has 0 unspecified atom stereocenters. The fraction of sp³-hybridized carbons (Fsp3) is 0.471. The van der Waals surface area contributed by atoms with Crippen LogP contribution in [-0.2, 0) is 32.8 Å². The van der Waals surface area contributed by atoms with Gasteiger partial charge >= 0.3 is 0 Å². The largest absolute Gasteiger partial charge is 0.337 e. The quantitative estimate of drug-likeness (QED) is 0.708. The summed E-state index contributed by atoms with van der Waals surface area (Å²) in [7, 11) is -5.70. The second-order valence-electron chi connectivity index (χ2n) is 6.78. The molecule has 1 aliphatic rings. The number of imidazole rings is 1. The molecule has 0 N–H and O–H groups in total. The summed E-state index contributed by atoms with van der Waals surface area (Å²) in [4.78, 5) is 4.09. The first kappa shape index (κ1) is 20.9. The molecule has 1 fully saturated rings. The molecule has 0 saturated carbocycles. The molecule has 0 atom stereocenters. The van der Waals surface area contributed by atoms with E-state index in [1.165, 1.54) is 39.1 Å². The number of rotatable bonds is 5. The summed E-state index contributed by atoms with van der Waals surface area (Å²) in [5, 5.41) is -0.0323. The van der Waals surface area contributed by atoms with Crippen molar-refractivity contribution in [3.8, 4) is 0 Å². The standard InChI is InChI=1S/C17H23FN4O4S2/c1-14-19-17(12-20(14)2)28(25,26)22-9-3-8-21(10-11-22)27(23,24)13-15-4-6-16(18)7-5-15/h4-7,12H,3,8-11,13H2,1-2H3. The van der Waals surface area contributed by atoms with Gasteiger partial charge in [-0.25, -0.2) is 30.5 Å². The minimum Gasteiger partial charge on any atom is -0.337 e. The molecule has 1 aliphatic heterocycles. The maximum absolute atomic E-state index is 13.0. The fourth-order valence-corrected chi connectivity index (χ4v) is 6.11. The van der Waals surface area contributed by atoms with Crippen LogP contribution in [0.5, 0.6) is 0 Å². The van der Waals surface area contributed by atoms with Gasteiger partial charge in [-0.15, -0.1) is 0 Å². The van der Waals surface area contributed by atoms with Gasteiger partial charge in [-0.2, -0.15) is 4.31 Å². The van der Waals surface area contributed by atoms with E-state index in [0.717, 1.165) is 0 Å². The first-order valence-corrected chi connectivity index (χ1v) is 11.9. The summed E-state index contributed by atoms with van der Waals surface area (Å²) >= 11 is 0. The van der Waals surface area contributed by atoms with Gasteiger partial charge in [0.15, 0.2) is 5.03 Å². The zero-order valence-corrected chi connectivity index (χ0v) is 17.4. The van der Waals surface area contributed by atoms with Crippen molar-refractivity contribution in [2.75, 3.05) is 26.2 Å². The van der Waals surface area contributed by atoms with E-state index in [9.17, 15) is 21.2 Å². The number of aryl methyl sites for hydroxylation is 2. The van der Waals surface area contributed by atoms with E-state index in [2.05, 4.69) is 4.98 Å². The molecule has 3 rings (SSSR count). The lowest BCUT2D eigenvalue weighted by Gasteiger charge is -2.21.